The topological polar surface area (TPSA) is 55.8 Å². The van der Waals surface area contributed by atoms with Crippen LogP contribution in [0.3, 0.4) is 0 Å². The van der Waals surface area contributed by atoms with E-state index in [1.54, 1.807) is 12.1 Å². The molecular weight excluding hydrogens is 227 g/mol. The van der Waals surface area contributed by atoms with E-state index >= 15 is 0 Å². The van der Waals surface area contributed by atoms with E-state index in [9.17, 15) is 9.18 Å². The Morgan fingerprint density at radius 1 is 1.24 bits per heavy atom. The first-order valence-corrected chi connectivity index (χ1v) is 4.83. The highest BCUT2D eigenvalue weighted by Gasteiger charge is 2.13. The van der Waals surface area contributed by atoms with Gasteiger partial charge in [0.25, 0.3) is 0 Å². The second-order valence-electron chi connectivity index (χ2n) is 3.31. The van der Waals surface area contributed by atoms with Gasteiger partial charge in [-0.2, -0.15) is 4.39 Å². The standard InChI is InChI=1S/C12H13FO4/c1-7(11(13)12(14)15)8-4-5-9(16-2)10(6-8)17-3/h4-6H,1-3H3,(H,14,15). The van der Waals surface area contributed by atoms with Crippen LogP contribution in [-0.2, 0) is 4.79 Å². The molecule has 0 aromatic heterocycles. The van der Waals surface area contributed by atoms with Crippen molar-refractivity contribution in [1.29, 1.82) is 0 Å². The van der Waals surface area contributed by atoms with E-state index in [0.29, 0.717) is 17.1 Å². The lowest BCUT2D eigenvalue weighted by molar-refractivity contribution is -0.134. The van der Waals surface area contributed by atoms with E-state index in [1.807, 2.05) is 0 Å². The van der Waals surface area contributed by atoms with Crippen molar-refractivity contribution in [2.45, 2.75) is 6.92 Å². The second kappa shape index (κ2) is 5.34. The third-order valence-corrected chi connectivity index (χ3v) is 2.33. The Morgan fingerprint density at radius 2 is 1.82 bits per heavy atom. The Labute approximate surface area is 98.3 Å². The first-order chi connectivity index (χ1) is 8.01. The molecule has 4 nitrogen and oxygen atoms in total. The molecule has 0 amide bonds. The van der Waals surface area contributed by atoms with Crippen LogP contribution in [0, 0.1) is 0 Å². The maximum absolute atomic E-state index is 13.2. The van der Waals surface area contributed by atoms with Gasteiger partial charge in [0.2, 0.25) is 5.83 Å². The number of ether oxygens (including phenoxy) is 2. The summed E-state index contributed by atoms with van der Waals surface area (Å²) in [6.45, 7) is 1.39. The number of rotatable bonds is 4. The highest BCUT2D eigenvalue weighted by atomic mass is 19.1. The fraction of sp³-hybridized carbons (Fsp3) is 0.250. The van der Waals surface area contributed by atoms with Crippen molar-refractivity contribution in [3.8, 4) is 11.5 Å². The predicted molar refractivity (Wildman–Crippen MR) is 60.9 cm³/mol. The Balaban J connectivity index is 3.25. The Hall–Kier alpha value is -2.04. The zero-order valence-corrected chi connectivity index (χ0v) is 9.78. The first kappa shape index (κ1) is 13.0. The Kier molecular flexibility index (Phi) is 4.09. The normalized spacial score (nSPS) is 11.8. The minimum Gasteiger partial charge on any atom is -0.493 e. The zero-order chi connectivity index (χ0) is 13.0. The van der Waals surface area contributed by atoms with Crippen molar-refractivity contribution in [1.82, 2.24) is 0 Å². The highest BCUT2D eigenvalue weighted by molar-refractivity contribution is 5.93. The Morgan fingerprint density at radius 3 is 2.29 bits per heavy atom. The van der Waals surface area contributed by atoms with Gasteiger partial charge < -0.3 is 14.6 Å². The van der Waals surface area contributed by atoms with Gasteiger partial charge in [0.05, 0.1) is 14.2 Å². The smallest absolute Gasteiger partial charge is 0.365 e. The lowest BCUT2D eigenvalue weighted by Crippen LogP contribution is -1.98. The Bertz CT molecular complexity index is 466. The average Bonchev–Trinajstić information content (AvgIpc) is 2.35. The molecule has 0 unspecified atom stereocenters. The molecular formula is C12H13FO4. The number of methoxy groups -OCH3 is 2. The average molecular weight is 240 g/mol. The number of hydrogen-bond acceptors (Lipinski definition) is 3. The molecule has 1 aromatic rings. The molecule has 0 fully saturated rings. The molecule has 0 bridgehead atoms. The summed E-state index contributed by atoms with van der Waals surface area (Å²) in [5.41, 5.74) is 0.473. The molecule has 1 N–H and O–H groups in total. The molecule has 0 aliphatic carbocycles. The van der Waals surface area contributed by atoms with Crippen molar-refractivity contribution in [2.75, 3.05) is 14.2 Å². The van der Waals surface area contributed by atoms with Crippen molar-refractivity contribution in [3.05, 3.63) is 29.6 Å². The maximum atomic E-state index is 13.2. The molecule has 0 aliphatic rings. The SMILES string of the molecule is COc1ccc(C(C)=C(F)C(=O)O)cc1OC. The molecule has 1 rings (SSSR count). The van der Waals surface area contributed by atoms with Crippen LogP contribution in [0.2, 0.25) is 0 Å². The van der Waals surface area contributed by atoms with Crippen LogP contribution >= 0.6 is 0 Å². The summed E-state index contributed by atoms with van der Waals surface area (Å²) in [5, 5.41) is 8.55. The van der Waals surface area contributed by atoms with E-state index in [2.05, 4.69) is 0 Å². The van der Waals surface area contributed by atoms with E-state index < -0.39 is 11.8 Å². The summed E-state index contributed by atoms with van der Waals surface area (Å²) < 4.78 is 23.3. The van der Waals surface area contributed by atoms with Crippen LogP contribution < -0.4 is 9.47 Å². The minimum absolute atomic E-state index is 0.0402. The van der Waals surface area contributed by atoms with Gasteiger partial charge in [-0.15, -0.1) is 0 Å². The monoisotopic (exact) mass is 240 g/mol. The van der Waals surface area contributed by atoms with E-state index in [4.69, 9.17) is 14.6 Å². The first-order valence-electron chi connectivity index (χ1n) is 4.83. The number of halogens is 1. The van der Waals surface area contributed by atoms with Gasteiger partial charge in [-0.3, -0.25) is 0 Å². The van der Waals surface area contributed by atoms with Crippen molar-refractivity contribution < 1.29 is 23.8 Å². The van der Waals surface area contributed by atoms with Gasteiger partial charge in [0.15, 0.2) is 11.5 Å². The molecule has 17 heavy (non-hydrogen) atoms. The molecule has 92 valence electrons. The number of benzene rings is 1. The third kappa shape index (κ3) is 2.75. The molecule has 0 heterocycles. The summed E-state index contributed by atoms with van der Waals surface area (Å²) in [7, 11) is 2.94. The lowest BCUT2D eigenvalue weighted by Gasteiger charge is -2.09. The molecule has 0 saturated carbocycles. The molecule has 5 heteroatoms. The molecule has 1 aromatic carbocycles. The maximum Gasteiger partial charge on any atom is 0.365 e. The van der Waals surface area contributed by atoms with Crippen LogP contribution in [0.1, 0.15) is 12.5 Å². The van der Waals surface area contributed by atoms with Crippen LogP contribution in [0.25, 0.3) is 5.57 Å². The molecule has 0 atom stereocenters. The predicted octanol–water partition coefficient (Wildman–Crippen LogP) is 2.49. The number of allylic oxidation sites excluding steroid dienone is 1. The summed E-state index contributed by atoms with van der Waals surface area (Å²) in [6.07, 6.45) is 0. The number of carbonyl (C=O) groups is 1. The molecule has 0 aliphatic heterocycles. The molecule has 0 saturated heterocycles. The van der Waals surface area contributed by atoms with Crippen molar-refractivity contribution >= 4 is 11.5 Å². The highest BCUT2D eigenvalue weighted by Crippen LogP contribution is 2.31. The van der Waals surface area contributed by atoms with Gasteiger partial charge in [-0.05, 0) is 30.2 Å². The van der Waals surface area contributed by atoms with Crippen LogP contribution in [0.5, 0.6) is 11.5 Å². The zero-order valence-electron chi connectivity index (χ0n) is 9.78. The summed E-state index contributed by atoms with van der Waals surface area (Å²) in [6, 6.07) is 4.68. The van der Waals surface area contributed by atoms with E-state index in [1.165, 1.54) is 27.2 Å². The second-order valence-corrected chi connectivity index (χ2v) is 3.31. The van der Waals surface area contributed by atoms with E-state index in [-0.39, 0.29) is 5.57 Å². The van der Waals surface area contributed by atoms with Crippen molar-refractivity contribution in [3.63, 3.8) is 0 Å². The number of aliphatic carboxylic acids is 1. The summed E-state index contributed by atoms with van der Waals surface area (Å²) in [4.78, 5) is 10.5. The van der Waals surface area contributed by atoms with E-state index in [0.717, 1.165) is 0 Å². The molecule has 0 spiro atoms. The van der Waals surface area contributed by atoms with Gasteiger partial charge in [-0.1, -0.05) is 6.07 Å². The van der Waals surface area contributed by atoms with Gasteiger partial charge in [0, 0.05) is 0 Å². The summed E-state index contributed by atoms with van der Waals surface area (Å²) in [5.74, 6) is -1.85. The quantitative estimate of drug-likeness (QED) is 0.821. The van der Waals surface area contributed by atoms with Crippen LogP contribution in [0.4, 0.5) is 4.39 Å². The summed E-state index contributed by atoms with van der Waals surface area (Å²) >= 11 is 0. The van der Waals surface area contributed by atoms with Crippen molar-refractivity contribution in [2.24, 2.45) is 0 Å². The third-order valence-electron chi connectivity index (χ3n) is 2.33. The van der Waals surface area contributed by atoms with Crippen LogP contribution in [0.15, 0.2) is 24.0 Å². The lowest BCUT2D eigenvalue weighted by atomic mass is 10.1. The number of carboxylic acid groups (broad SMARTS) is 1. The fourth-order valence-electron chi connectivity index (χ4n) is 1.36. The minimum atomic E-state index is -1.59. The fourth-order valence-corrected chi connectivity index (χ4v) is 1.36. The largest absolute Gasteiger partial charge is 0.493 e. The van der Waals surface area contributed by atoms with Crippen LogP contribution in [-0.4, -0.2) is 25.3 Å². The van der Waals surface area contributed by atoms with Gasteiger partial charge in [0.1, 0.15) is 0 Å². The number of carboxylic acids is 1. The molecule has 0 radical (unpaired) electrons. The van der Waals surface area contributed by atoms with Gasteiger partial charge >= 0.3 is 5.97 Å². The van der Waals surface area contributed by atoms with Gasteiger partial charge in [-0.25, -0.2) is 4.79 Å². The number of hydrogen-bond donors (Lipinski definition) is 1.